The molecule has 0 saturated carbocycles. The van der Waals surface area contributed by atoms with Crippen molar-refractivity contribution in [3.8, 4) is 5.69 Å². The molecule has 0 radical (unpaired) electrons. The molecule has 7 nitrogen and oxygen atoms in total. The standard InChI is InChI=1S/C23H24N6OS/c1-16-9-10-17(2)21(13-16)29-18(3)26-27-23(29)31-15-22(30)25-20-8-5-4-7-19(20)14-28-12-6-11-24-28/h4-13H,14-15H2,1-3H3,(H,25,30). The van der Waals surface area contributed by atoms with Gasteiger partial charge in [-0.05, 0) is 55.7 Å². The summed E-state index contributed by atoms with van der Waals surface area (Å²) in [6.45, 7) is 6.64. The van der Waals surface area contributed by atoms with Crippen molar-refractivity contribution in [1.82, 2.24) is 24.5 Å². The van der Waals surface area contributed by atoms with Crippen molar-refractivity contribution in [2.45, 2.75) is 32.5 Å². The average Bonchev–Trinajstić information content (AvgIpc) is 3.39. The molecule has 0 atom stereocenters. The van der Waals surface area contributed by atoms with Crippen molar-refractivity contribution >= 4 is 23.4 Å². The van der Waals surface area contributed by atoms with Gasteiger partial charge in [0.1, 0.15) is 5.82 Å². The Bertz CT molecular complexity index is 1200. The number of nitrogens with one attached hydrogen (secondary N) is 1. The zero-order valence-electron chi connectivity index (χ0n) is 17.7. The van der Waals surface area contributed by atoms with Crippen molar-refractivity contribution in [1.29, 1.82) is 0 Å². The first-order valence-electron chi connectivity index (χ1n) is 9.99. The molecule has 0 fully saturated rings. The van der Waals surface area contributed by atoms with Gasteiger partial charge >= 0.3 is 0 Å². The highest BCUT2D eigenvalue weighted by Crippen LogP contribution is 2.25. The molecular formula is C23H24N6OS. The number of carbonyl (C=O) groups is 1. The van der Waals surface area contributed by atoms with E-state index in [9.17, 15) is 4.79 Å². The molecule has 0 bridgehead atoms. The van der Waals surface area contributed by atoms with Crippen LogP contribution in [0.15, 0.2) is 66.1 Å². The van der Waals surface area contributed by atoms with Gasteiger partial charge in [0.25, 0.3) is 0 Å². The van der Waals surface area contributed by atoms with Gasteiger partial charge < -0.3 is 5.32 Å². The summed E-state index contributed by atoms with van der Waals surface area (Å²) in [4.78, 5) is 12.7. The minimum atomic E-state index is -0.0916. The van der Waals surface area contributed by atoms with Gasteiger partial charge in [-0.1, -0.05) is 42.1 Å². The SMILES string of the molecule is Cc1ccc(C)c(-n2c(C)nnc2SCC(=O)Nc2ccccc2Cn2cccn2)c1. The summed E-state index contributed by atoms with van der Waals surface area (Å²) in [5.41, 5.74) is 5.12. The minimum absolute atomic E-state index is 0.0916. The molecule has 0 aliphatic heterocycles. The Morgan fingerprint density at radius 2 is 1.90 bits per heavy atom. The lowest BCUT2D eigenvalue weighted by Crippen LogP contribution is -2.16. The van der Waals surface area contributed by atoms with Gasteiger partial charge in [-0.2, -0.15) is 5.10 Å². The highest BCUT2D eigenvalue weighted by Gasteiger charge is 2.16. The Morgan fingerprint density at radius 3 is 2.71 bits per heavy atom. The van der Waals surface area contributed by atoms with E-state index >= 15 is 0 Å². The molecule has 4 aromatic rings. The van der Waals surface area contributed by atoms with E-state index in [-0.39, 0.29) is 11.7 Å². The minimum Gasteiger partial charge on any atom is -0.325 e. The second-order valence-electron chi connectivity index (χ2n) is 7.35. The van der Waals surface area contributed by atoms with Gasteiger partial charge in [-0.15, -0.1) is 10.2 Å². The number of para-hydroxylation sites is 1. The fourth-order valence-electron chi connectivity index (χ4n) is 3.34. The monoisotopic (exact) mass is 432 g/mol. The van der Waals surface area contributed by atoms with Crippen LogP contribution in [0.1, 0.15) is 22.5 Å². The predicted molar refractivity (Wildman–Crippen MR) is 123 cm³/mol. The van der Waals surface area contributed by atoms with Crippen LogP contribution in [-0.2, 0) is 11.3 Å². The van der Waals surface area contributed by atoms with E-state index in [1.54, 1.807) is 6.20 Å². The molecule has 8 heteroatoms. The molecule has 0 aliphatic rings. The van der Waals surface area contributed by atoms with Crippen LogP contribution in [0.4, 0.5) is 5.69 Å². The van der Waals surface area contributed by atoms with E-state index in [0.717, 1.165) is 33.9 Å². The first-order chi connectivity index (χ1) is 15.0. The molecule has 0 saturated heterocycles. The number of aromatic nitrogens is 5. The van der Waals surface area contributed by atoms with Crippen LogP contribution >= 0.6 is 11.8 Å². The summed E-state index contributed by atoms with van der Waals surface area (Å²) in [5, 5.41) is 16.5. The van der Waals surface area contributed by atoms with E-state index < -0.39 is 0 Å². The van der Waals surface area contributed by atoms with Crippen molar-refractivity contribution in [3.05, 3.63) is 83.4 Å². The lowest BCUT2D eigenvalue weighted by Gasteiger charge is -2.13. The Morgan fingerprint density at radius 1 is 1.06 bits per heavy atom. The van der Waals surface area contributed by atoms with Crippen LogP contribution in [-0.4, -0.2) is 36.2 Å². The molecule has 2 aromatic heterocycles. The summed E-state index contributed by atoms with van der Waals surface area (Å²) in [5.74, 6) is 0.936. The lowest BCUT2D eigenvalue weighted by molar-refractivity contribution is -0.113. The largest absolute Gasteiger partial charge is 0.325 e. The summed E-state index contributed by atoms with van der Waals surface area (Å²) < 4.78 is 3.83. The number of thioether (sulfide) groups is 1. The third-order valence-electron chi connectivity index (χ3n) is 4.92. The normalized spacial score (nSPS) is 10.9. The van der Waals surface area contributed by atoms with Gasteiger partial charge in [-0.25, -0.2) is 0 Å². The summed E-state index contributed by atoms with van der Waals surface area (Å²) in [7, 11) is 0. The van der Waals surface area contributed by atoms with Crippen LogP contribution in [0, 0.1) is 20.8 Å². The molecule has 0 unspecified atom stereocenters. The maximum atomic E-state index is 12.7. The van der Waals surface area contributed by atoms with Crippen molar-refractivity contribution < 1.29 is 4.79 Å². The summed E-state index contributed by atoms with van der Waals surface area (Å²) >= 11 is 1.38. The van der Waals surface area contributed by atoms with Crippen molar-refractivity contribution in [3.63, 3.8) is 0 Å². The second-order valence-corrected chi connectivity index (χ2v) is 8.30. The van der Waals surface area contributed by atoms with E-state index in [4.69, 9.17) is 0 Å². The first-order valence-corrected chi connectivity index (χ1v) is 11.0. The number of amides is 1. The maximum Gasteiger partial charge on any atom is 0.234 e. The zero-order valence-corrected chi connectivity index (χ0v) is 18.6. The van der Waals surface area contributed by atoms with Gasteiger partial charge in [0, 0.05) is 18.1 Å². The predicted octanol–water partition coefficient (Wildman–Crippen LogP) is 4.17. The van der Waals surface area contributed by atoms with Crippen LogP contribution in [0.2, 0.25) is 0 Å². The number of hydrogen-bond donors (Lipinski definition) is 1. The molecule has 1 N–H and O–H groups in total. The number of hydrogen-bond acceptors (Lipinski definition) is 5. The van der Waals surface area contributed by atoms with Gasteiger partial charge in [0.15, 0.2) is 5.16 Å². The lowest BCUT2D eigenvalue weighted by atomic mass is 10.1. The third kappa shape index (κ3) is 4.86. The number of anilines is 1. The summed E-state index contributed by atoms with van der Waals surface area (Å²) in [6.07, 6.45) is 3.64. The van der Waals surface area contributed by atoms with Gasteiger partial charge in [0.05, 0.1) is 18.0 Å². The summed E-state index contributed by atoms with van der Waals surface area (Å²) in [6, 6.07) is 15.9. The topological polar surface area (TPSA) is 77.6 Å². The quantitative estimate of drug-likeness (QED) is 0.444. The van der Waals surface area contributed by atoms with Gasteiger partial charge in [-0.3, -0.25) is 14.0 Å². The molecule has 31 heavy (non-hydrogen) atoms. The smallest absolute Gasteiger partial charge is 0.234 e. The number of aryl methyl sites for hydroxylation is 3. The molecule has 1 amide bonds. The number of nitrogens with zero attached hydrogens (tertiary/aromatic N) is 5. The Hall–Kier alpha value is -3.39. The van der Waals surface area contributed by atoms with E-state index in [1.807, 2.05) is 52.7 Å². The molecular weight excluding hydrogens is 408 g/mol. The molecule has 0 spiro atoms. The Kier molecular flexibility index (Phi) is 6.18. The highest BCUT2D eigenvalue weighted by molar-refractivity contribution is 7.99. The first kappa shape index (κ1) is 20.9. The molecule has 2 heterocycles. The van der Waals surface area contributed by atoms with Crippen molar-refractivity contribution in [2.24, 2.45) is 0 Å². The zero-order chi connectivity index (χ0) is 21.8. The van der Waals surface area contributed by atoms with Gasteiger partial charge in [0.2, 0.25) is 5.91 Å². The Balaban J connectivity index is 1.47. The third-order valence-corrected chi connectivity index (χ3v) is 5.85. The highest BCUT2D eigenvalue weighted by atomic mass is 32.2. The number of benzene rings is 2. The fraction of sp³-hybridized carbons (Fsp3) is 0.217. The molecule has 4 rings (SSSR count). The molecule has 2 aromatic carbocycles. The average molecular weight is 433 g/mol. The van der Waals surface area contributed by atoms with Crippen LogP contribution in [0.3, 0.4) is 0 Å². The van der Waals surface area contributed by atoms with Crippen LogP contribution < -0.4 is 5.32 Å². The Labute approximate surface area is 185 Å². The number of rotatable bonds is 7. The van der Waals surface area contributed by atoms with E-state index in [2.05, 4.69) is 52.7 Å². The van der Waals surface area contributed by atoms with Crippen LogP contribution in [0.5, 0.6) is 0 Å². The fourth-order valence-corrected chi connectivity index (χ4v) is 4.13. The van der Waals surface area contributed by atoms with E-state index in [0.29, 0.717) is 11.7 Å². The maximum absolute atomic E-state index is 12.7. The second kappa shape index (κ2) is 9.18. The van der Waals surface area contributed by atoms with Crippen molar-refractivity contribution in [2.75, 3.05) is 11.1 Å². The van der Waals surface area contributed by atoms with Crippen LogP contribution in [0.25, 0.3) is 5.69 Å². The molecule has 158 valence electrons. The molecule has 0 aliphatic carbocycles. The van der Waals surface area contributed by atoms with E-state index in [1.165, 1.54) is 11.8 Å². The number of carbonyl (C=O) groups excluding carboxylic acids is 1.